The molecule has 0 heterocycles. The molecule has 0 amide bonds. The molecule has 0 unspecified atom stereocenters. The minimum absolute atomic E-state index is 0.277. The highest BCUT2D eigenvalue weighted by molar-refractivity contribution is 5.83. The van der Waals surface area contributed by atoms with Crippen molar-refractivity contribution in [2.75, 3.05) is 7.11 Å². The van der Waals surface area contributed by atoms with Gasteiger partial charge in [0.1, 0.15) is 5.76 Å². The van der Waals surface area contributed by atoms with Crippen LogP contribution >= 0.6 is 0 Å². The minimum atomic E-state index is -0.513. The van der Waals surface area contributed by atoms with Crippen LogP contribution in [0.25, 0.3) is 6.08 Å². The molecule has 0 bridgehead atoms. The molecule has 0 aliphatic rings. The van der Waals surface area contributed by atoms with Gasteiger partial charge in [0.25, 0.3) is 0 Å². The van der Waals surface area contributed by atoms with Gasteiger partial charge in [0.05, 0.1) is 7.11 Å². The van der Waals surface area contributed by atoms with E-state index in [1.165, 1.54) is 26.2 Å². The highest BCUT2D eigenvalue weighted by atomic mass is 16.5. The fourth-order valence-corrected chi connectivity index (χ4v) is 1.21. The van der Waals surface area contributed by atoms with Crippen molar-refractivity contribution in [3.63, 3.8) is 0 Å². The van der Waals surface area contributed by atoms with E-state index in [0.29, 0.717) is 0 Å². The molecule has 0 radical (unpaired) electrons. The lowest BCUT2D eigenvalue weighted by Gasteiger charge is -2.02. The van der Waals surface area contributed by atoms with E-state index in [4.69, 9.17) is 4.74 Å². The Morgan fingerprint density at radius 3 is 2.33 bits per heavy atom. The van der Waals surface area contributed by atoms with Crippen LogP contribution in [0.3, 0.4) is 0 Å². The standard InChI is InChI=1S/C14H14O4/c1-11(15)18-13(8-9-14(16)17-2)10-12-6-4-3-5-7-12/h3-10H,1-2H3/b9-8+,13-10+. The van der Waals surface area contributed by atoms with Crippen molar-refractivity contribution in [3.8, 4) is 0 Å². The first-order chi connectivity index (χ1) is 8.61. The number of carbonyl (C=O) groups is 2. The number of hydrogen-bond donors (Lipinski definition) is 0. The number of rotatable bonds is 4. The normalized spacial score (nSPS) is 11.3. The number of ether oxygens (including phenoxy) is 2. The maximum atomic E-state index is 11.0. The van der Waals surface area contributed by atoms with E-state index in [2.05, 4.69) is 4.74 Å². The predicted octanol–water partition coefficient (Wildman–Crippen LogP) is 2.32. The Balaban J connectivity index is 2.91. The Bertz CT molecular complexity index is 472. The van der Waals surface area contributed by atoms with Crippen molar-refractivity contribution in [1.82, 2.24) is 0 Å². The maximum absolute atomic E-state index is 11.0. The van der Waals surface area contributed by atoms with E-state index in [1.807, 2.05) is 30.3 Å². The van der Waals surface area contributed by atoms with Crippen LogP contribution in [-0.2, 0) is 19.1 Å². The molecule has 4 heteroatoms. The number of allylic oxidation sites excluding steroid dienone is 1. The Morgan fingerprint density at radius 2 is 1.78 bits per heavy atom. The molecule has 0 fully saturated rings. The van der Waals surface area contributed by atoms with Gasteiger partial charge in [0.15, 0.2) is 0 Å². The summed E-state index contributed by atoms with van der Waals surface area (Å²) in [6, 6.07) is 9.32. The van der Waals surface area contributed by atoms with Crippen molar-refractivity contribution < 1.29 is 19.1 Å². The Hall–Kier alpha value is -2.36. The molecule has 1 aromatic rings. The summed E-state index contributed by atoms with van der Waals surface area (Å²) in [6.07, 6.45) is 4.23. The first kappa shape index (κ1) is 13.7. The summed E-state index contributed by atoms with van der Waals surface area (Å²) < 4.78 is 9.44. The molecule has 94 valence electrons. The summed E-state index contributed by atoms with van der Waals surface area (Å²) in [5.41, 5.74) is 0.864. The van der Waals surface area contributed by atoms with Crippen molar-refractivity contribution in [2.45, 2.75) is 6.92 Å². The molecule has 4 nitrogen and oxygen atoms in total. The third-order valence-corrected chi connectivity index (χ3v) is 1.95. The number of hydrogen-bond acceptors (Lipinski definition) is 4. The van der Waals surface area contributed by atoms with Crippen LogP contribution in [0.4, 0.5) is 0 Å². The summed E-state index contributed by atoms with van der Waals surface area (Å²) in [7, 11) is 1.28. The van der Waals surface area contributed by atoms with Gasteiger partial charge in [-0.15, -0.1) is 0 Å². The third kappa shape index (κ3) is 5.12. The zero-order chi connectivity index (χ0) is 13.4. The molecule has 0 N–H and O–H groups in total. The molecule has 18 heavy (non-hydrogen) atoms. The van der Waals surface area contributed by atoms with E-state index in [9.17, 15) is 9.59 Å². The molecule has 0 aromatic heterocycles. The van der Waals surface area contributed by atoms with Crippen molar-refractivity contribution in [1.29, 1.82) is 0 Å². The number of benzene rings is 1. The third-order valence-electron chi connectivity index (χ3n) is 1.95. The van der Waals surface area contributed by atoms with Crippen LogP contribution < -0.4 is 0 Å². The largest absolute Gasteiger partial charge is 0.466 e. The molecule has 0 aliphatic carbocycles. The van der Waals surface area contributed by atoms with E-state index in [-0.39, 0.29) is 5.76 Å². The molecule has 1 rings (SSSR count). The summed E-state index contributed by atoms with van der Waals surface area (Å²) in [6.45, 7) is 1.30. The molecule has 0 saturated carbocycles. The van der Waals surface area contributed by atoms with Gasteiger partial charge in [-0.1, -0.05) is 30.3 Å². The molecule has 0 atom stereocenters. The molecule has 0 saturated heterocycles. The summed E-state index contributed by atoms with van der Waals surface area (Å²) in [4.78, 5) is 21.9. The SMILES string of the molecule is COC(=O)/C=C/C(=C\c1ccccc1)OC(C)=O. The highest BCUT2D eigenvalue weighted by Crippen LogP contribution is 2.09. The van der Waals surface area contributed by atoms with Gasteiger partial charge in [-0.3, -0.25) is 4.79 Å². The van der Waals surface area contributed by atoms with Crippen molar-refractivity contribution >= 4 is 18.0 Å². The fraction of sp³-hybridized carbons (Fsp3) is 0.143. The first-order valence-corrected chi connectivity index (χ1v) is 5.33. The predicted molar refractivity (Wildman–Crippen MR) is 67.3 cm³/mol. The van der Waals surface area contributed by atoms with Crippen LogP contribution in [0, 0.1) is 0 Å². The Labute approximate surface area is 106 Å². The zero-order valence-electron chi connectivity index (χ0n) is 10.3. The van der Waals surface area contributed by atoms with Gasteiger partial charge in [0, 0.05) is 13.0 Å². The quantitative estimate of drug-likeness (QED) is 0.354. The summed E-state index contributed by atoms with van der Waals surface area (Å²) >= 11 is 0. The number of methoxy groups -OCH3 is 1. The van der Waals surface area contributed by atoms with Gasteiger partial charge in [-0.05, 0) is 17.7 Å². The molecule has 0 spiro atoms. The van der Waals surface area contributed by atoms with Crippen molar-refractivity contribution in [3.05, 3.63) is 53.8 Å². The van der Waals surface area contributed by atoms with E-state index < -0.39 is 11.9 Å². The van der Waals surface area contributed by atoms with Crippen molar-refractivity contribution in [2.24, 2.45) is 0 Å². The van der Waals surface area contributed by atoms with Gasteiger partial charge in [0.2, 0.25) is 0 Å². The topological polar surface area (TPSA) is 52.6 Å². The maximum Gasteiger partial charge on any atom is 0.330 e. The average Bonchev–Trinajstić information content (AvgIpc) is 2.36. The molecule has 0 aliphatic heterocycles. The lowest BCUT2D eigenvalue weighted by atomic mass is 10.2. The second-order valence-electron chi connectivity index (χ2n) is 3.41. The zero-order valence-corrected chi connectivity index (χ0v) is 10.3. The summed E-state index contributed by atoms with van der Waals surface area (Å²) in [5, 5.41) is 0. The Kier molecular flexibility index (Phi) is 5.38. The van der Waals surface area contributed by atoms with Gasteiger partial charge in [-0.2, -0.15) is 0 Å². The molecule has 1 aromatic carbocycles. The monoisotopic (exact) mass is 246 g/mol. The van der Waals surface area contributed by atoms with Crippen LogP contribution in [0.2, 0.25) is 0 Å². The van der Waals surface area contributed by atoms with E-state index >= 15 is 0 Å². The van der Waals surface area contributed by atoms with Gasteiger partial charge < -0.3 is 9.47 Å². The van der Waals surface area contributed by atoms with E-state index in [1.54, 1.807) is 6.08 Å². The smallest absolute Gasteiger partial charge is 0.330 e. The lowest BCUT2D eigenvalue weighted by molar-refractivity contribution is -0.137. The fourth-order valence-electron chi connectivity index (χ4n) is 1.21. The lowest BCUT2D eigenvalue weighted by Crippen LogP contribution is -1.99. The number of carbonyl (C=O) groups excluding carboxylic acids is 2. The Morgan fingerprint density at radius 1 is 1.11 bits per heavy atom. The van der Waals surface area contributed by atoms with Crippen LogP contribution in [0.1, 0.15) is 12.5 Å². The van der Waals surface area contributed by atoms with Crippen LogP contribution in [0.5, 0.6) is 0 Å². The van der Waals surface area contributed by atoms with Gasteiger partial charge >= 0.3 is 11.9 Å². The minimum Gasteiger partial charge on any atom is -0.466 e. The van der Waals surface area contributed by atoms with Crippen LogP contribution in [0.15, 0.2) is 48.2 Å². The number of esters is 2. The van der Waals surface area contributed by atoms with Gasteiger partial charge in [-0.25, -0.2) is 4.79 Å². The average molecular weight is 246 g/mol. The highest BCUT2D eigenvalue weighted by Gasteiger charge is 2.00. The molecular formula is C14H14O4. The second-order valence-corrected chi connectivity index (χ2v) is 3.41. The van der Waals surface area contributed by atoms with E-state index in [0.717, 1.165) is 5.56 Å². The second kappa shape index (κ2) is 7.06. The van der Waals surface area contributed by atoms with Crippen LogP contribution in [-0.4, -0.2) is 19.0 Å². The molecular weight excluding hydrogens is 232 g/mol. The summed E-state index contributed by atoms with van der Waals surface area (Å²) in [5.74, 6) is -0.688. The first-order valence-electron chi connectivity index (χ1n) is 5.33.